The van der Waals surface area contributed by atoms with E-state index in [9.17, 15) is 19.2 Å². The minimum Gasteiger partial charge on any atom is -0.341 e. The number of fused-ring (bicyclic) bond motifs is 1. The van der Waals surface area contributed by atoms with Gasteiger partial charge < -0.3 is 15.1 Å². The molecule has 3 amide bonds. The highest BCUT2D eigenvalue weighted by Gasteiger charge is 2.31. The lowest BCUT2D eigenvalue weighted by atomic mass is 10.0. The van der Waals surface area contributed by atoms with Crippen LogP contribution in [0.1, 0.15) is 18.4 Å². The third-order valence-corrected chi connectivity index (χ3v) is 8.03. The summed E-state index contributed by atoms with van der Waals surface area (Å²) in [5, 5.41) is 3.63. The average molecular weight is 556 g/mol. The van der Waals surface area contributed by atoms with Crippen molar-refractivity contribution in [1.29, 1.82) is 0 Å². The Morgan fingerprint density at radius 2 is 1.74 bits per heavy atom. The van der Waals surface area contributed by atoms with Gasteiger partial charge in [0.1, 0.15) is 6.54 Å². The van der Waals surface area contributed by atoms with Gasteiger partial charge in [0.25, 0.3) is 5.56 Å². The first-order valence-electron chi connectivity index (χ1n) is 12.4. The Bertz CT molecular complexity index is 1520. The van der Waals surface area contributed by atoms with Crippen LogP contribution in [0, 0.1) is 0 Å². The molecule has 2 aliphatic rings. The SMILES string of the molecule is Cn1c(=O)c(-c2ccc(Cl)c(Cl)c2)cn(CC(=O)N2CCC(N3CCc4ccccc4NC3=O)CC2)c1=O. The number of para-hydroxylation sites is 1. The van der Waals surface area contributed by atoms with E-state index < -0.39 is 11.2 Å². The van der Waals surface area contributed by atoms with Crippen molar-refractivity contribution in [3.8, 4) is 11.1 Å². The van der Waals surface area contributed by atoms with Crippen LogP contribution < -0.4 is 16.6 Å². The summed E-state index contributed by atoms with van der Waals surface area (Å²) in [6.07, 6.45) is 3.46. The normalized spacial score (nSPS) is 16.1. The first kappa shape index (κ1) is 26.1. The van der Waals surface area contributed by atoms with E-state index in [-0.39, 0.29) is 35.1 Å². The van der Waals surface area contributed by atoms with Crippen LogP contribution in [-0.4, -0.2) is 56.5 Å². The van der Waals surface area contributed by atoms with E-state index in [1.165, 1.54) is 17.8 Å². The minimum atomic E-state index is -0.581. The van der Waals surface area contributed by atoms with E-state index in [0.717, 1.165) is 22.2 Å². The van der Waals surface area contributed by atoms with Gasteiger partial charge in [-0.3, -0.25) is 18.7 Å². The third-order valence-electron chi connectivity index (χ3n) is 7.29. The predicted molar refractivity (Wildman–Crippen MR) is 147 cm³/mol. The van der Waals surface area contributed by atoms with Gasteiger partial charge in [0, 0.05) is 44.6 Å². The van der Waals surface area contributed by atoms with Crippen LogP contribution >= 0.6 is 23.2 Å². The number of rotatable bonds is 4. The zero-order valence-corrected chi connectivity index (χ0v) is 22.3. The molecule has 1 N–H and O–H groups in total. The quantitative estimate of drug-likeness (QED) is 0.531. The van der Waals surface area contributed by atoms with E-state index in [1.807, 2.05) is 29.2 Å². The van der Waals surface area contributed by atoms with Crippen molar-refractivity contribution in [3.05, 3.63) is 85.1 Å². The molecule has 1 fully saturated rings. The van der Waals surface area contributed by atoms with Crippen molar-refractivity contribution in [2.24, 2.45) is 7.05 Å². The van der Waals surface area contributed by atoms with Crippen LogP contribution in [0.3, 0.4) is 0 Å². The van der Waals surface area contributed by atoms with Crippen LogP contribution in [0.25, 0.3) is 11.1 Å². The molecule has 38 heavy (non-hydrogen) atoms. The summed E-state index contributed by atoms with van der Waals surface area (Å²) >= 11 is 12.1. The number of nitrogens with zero attached hydrogens (tertiary/aromatic N) is 4. The number of hydrogen-bond donors (Lipinski definition) is 1. The summed E-state index contributed by atoms with van der Waals surface area (Å²) in [7, 11) is 1.38. The van der Waals surface area contributed by atoms with Crippen LogP contribution in [0.15, 0.2) is 58.3 Å². The standard InChI is InChI=1S/C27H27Cl2N5O4/c1-31-25(36)20(18-6-7-21(28)22(29)14-18)15-33(27(31)38)16-24(35)32-11-9-19(10-12-32)34-13-8-17-4-2-3-5-23(17)30-26(34)37/h2-7,14-15,19H,8-13,16H2,1H3,(H,30,37). The Morgan fingerprint density at radius 3 is 2.47 bits per heavy atom. The van der Waals surface area contributed by atoms with E-state index >= 15 is 0 Å². The maximum absolute atomic E-state index is 13.2. The molecule has 9 nitrogen and oxygen atoms in total. The van der Waals surface area contributed by atoms with Crippen LogP contribution in [0.4, 0.5) is 10.5 Å². The molecular formula is C27H27Cl2N5O4. The Balaban J connectivity index is 1.27. The summed E-state index contributed by atoms with van der Waals surface area (Å²) in [4.78, 5) is 55.2. The van der Waals surface area contributed by atoms with Crippen molar-refractivity contribution in [2.45, 2.75) is 31.8 Å². The van der Waals surface area contributed by atoms with Gasteiger partial charge >= 0.3 is 11.7 Å². The topological polar surface area (TPSA) is 96.7 Å². The molecule has 0 atom stereocenters. The van der Waals surface area contributed by atoms with Gasteiger partial charge in [0.05, 0.1) is 15.6 Å². The molecule has 0 unspecified atom stereocenters. The highest BCUT2D eigenvalue weighted by atomic mass is 35.5. The van der Waals surface area contributed by atoms with E-state index in [0.29, 0.717) is 43.1 Å². The molecule has 0 spiro atoms. The number of benzene rings is 2. The van der Waals surface area contributed by atoms with Gasteiger partial charge in [-0.05, 0) is 48.6 Å². The predicted octanol–water partition coefficient (Wildman–Crippen LogP) is 3.60. The molecule has 2 aliphatic heterocycles. The maximum atomic E-state index is 13.2. The molecule has 0 bridgehead atoms. The number of amides is 3. The summed E-state index contributed by atoms with van der Waals surface area (Å²) in [5.41, 5.74) is 1.62. The lowest BCUT2D eigenvalue weighted by Gasteiger charge is -2.38. The molecule has 0 saturated carbocycles. The molecule has 2 aromatic carbocycles. The number of anilines is 1. The zero-order valence-electron chi connectivity index (χ0n) is 20.8. The molecule has 3 heterocycles. The number of likely N-dealkylation sites (tertiary alicyclic amines) is 1. The number of aromatic nitrogens is 2. The Kier molecular flexibility index (Phi) is 7.32. The highest BCUT2D eigenvalue weighted by Crippen LogP contribution is 2.27. The van der Waals surface area contributed by atoms with Crippen molar-refractivity contribution < 1.29 is 9.59 Å². The molecule has 3 aromatic rings. The van der Waals surface area contributed by atoms with Crippen molar-refractivity contribution in [1.82, 2.24) is 18.9 Å². The van der Waals surface area contributed by atoms with E-state index in [4.69, 9.17) is 23.2 Å². The summed E-state index contributed by atoms with van der Waals surface area (Å²) in [5.74, 6) is -0.225. The van der Waals surface area contributed by atoms with Gasteiger partial charge in [0.2, 0.25) is 5.91 Å². The summed E-state index contributed by atoms with van der Waals surface area (Å²) in [6, 6.07) is 12.5. The highest BCUT2D eigenvalue weighted by molar-refractivity contribution is 6.42. The lowest BCUT2D eigenvalue weighted by Crippen LogP contribution is -2.51. The molecule has 11 heteroatoms. The van der Waals surface area contributed by atoms with Crippen LogP contribution in [0.2, 0.25) is 10.0 Å². The Labute approximate surface area is 229 Å². The Morgan fingerprint density at radius 1 is 1.00 bits per heavy atom. The molecule has 0 aliphatic carbocycles. The Hall–Kier alpha value is -3.56. The molecular weight excluding hydrogens is 529 g/mol. The molecule has 1 aromatic heterocycles. The third kappa shape index (κ3) is 5.08. The minimum absolute atomic E-state index is 0.0230. The second-order valence-electron chi connectivity index (χ2n) is 9.59. The zero-order chi connectivity index (χ0) is 27.0. The van der Waals surface area contributed by atoms with E-state index in [2.05, 4.69) is 5.32 Å². The fourth-order valence-electron chi connectivity index (χ4n) is 5.11. The lowest BCUT2D eigenvalue weighted by molar-refractivity contribution is -0.133. The van der Waals surface area contributed by atoms with Gasteiger partial charge in [-0.1, -0.05) is 47.5 Å². The van der Waals surface area contributed by atoms with Crippen molar-refractivity contribution in [3.63, 3.8) is 0 Å². The largest absolute Gasteiger partial charge is 0.341 e. The second kappa shape index (κ2) is 10.7. The molecule has 5 rings (SSSR count). The molecule has 0 radical (unpaired) electrons. The number of urea groups is 1. The van der Waals surface area contributed by atoms with Gasteiger partial charge in [-0.15, -0.1) is 0 Å². The second-order valence-corrected chi connectivity index (χ2v) is 10.4. The average Bonchev–Trinajstić information content (AvgIpc) is 3.08. The van der Waals surface area contributed by atoms with Crippen molar-refractivity contribution in [2.75, 3.05) is 25.0 Å². The van der Waals surface area contributed by atoms with Gasteiger partial charge in [-0.2, -0.15) is 0 Å². The number of nitrogens with one attached hydrogen (secondary N) is 1. The fourth-order valence-corrected chi connectivity index (χ4v) is 5.41. The van der Waals surface area contributed by atoms with Crippen molar-refractivity contribution >= 4 is 40.8 Å². The number of halogens is 2. The van der Waals surface area contributed by atoms with Gasteiger partial charge in [0.15, 0.2) is 0 Å². The number of hydrogen-bond acceptors (Lipinski definition) is 4. The summed E-state index contributed by atoms with van der Waals surface area (Å²) in [6.45, 7) is 1.36. The van der Waals surface area contributed by atoms with E-state index in [1.54, 1.807) is 23.1 Å². The fraction of sp³-hybridized carbons (Fsp3) is 0.333. The number of carbonyl (C=O) groups is 2. The smallest absolute Gasteiger partial charge is 0.331 e. The first-order valence-corrected chi connectivity index (χ1v) is 13.2. The summed E-state index contributed by atoms with van der Waals surface area (Å²) < 4.78 is 2.22. The number of piperidine rings is 1. The molecule has 198 valence electrons. The van der Waals surface area contributed by atoms with Crippen LogP contribution in [-0.2, 0) is 24.8 Å². The monoisotopic (exact) mass is 555 g/mol. The van der Waals surface area contributed by atoms with Gasteiger partial charge in [-0.25, -0.2) is 9.59 Å². The number of carbonyl (C=O) groups excluding carboxylic acids is 2. The maximum Gasteiger partial charge on any atom is 0.331 e. The van der Waals surface area contributed by atoms with Crippen LogP contribution in [0.5, 0.6) is 0 Å². The molecule has 1 saturated heterocycles. The first-order chi connectivity index (χ1) is 18.2.